The third kappa shape index (κ3) is 8.21. The molecule has 0 bridgehead atoms. The SMILES string of the molecule is CCCOc1ccc(C(=O)Oc2ccc(/C=N/NC(=O)CNC(=O)c3cccc(C)c3)cc2OC)cc1. The van der Waals surface area contributed by atoms with Gasteiger partial charge in [0.15, 0.2) is 11.5 Å². The molecule has 0 heterocycles. The number of carbonyl (C=O) groups is 3. The lowest BCUT2D eigenvalue weighted by Gasteiger charge is -2.10. The second-order valence-corrected chi connectivity index (χ2v) is 8.02. The van der Waals surface area contributed by atoms with Gasteiger partial charge in [-0.05, 0) is 73.5 Å². The first-order valence-corrected chi connectivity index (χ1v) is 11.7. The number of benzene rings is 3. The lowest BCUT2D eigenvalue weighted by atomic mass is 10.1. The van der Waals surface area contributed by atoms with E-state index >= 15 is 0 Å². The van der Waals surface area contributed by atoms with Gasteiger partial charge in [-0.25, -0.2) is 10.2 Å². The summed E-state index contributed by atoms with van der Waals surface area (Å²) in [5.74, 6) is -0.141. The van der Waals surface area contributed by atoms with E-state index in [9.17, 15) is 14.4 Å². The predicted octanol–water partition coefficient (Wildman–Crippen LogP) is 3.89. The monoisotopic (exact) mass is 503 g/mol. The van der Waals surface area contributed by atoms with E-state index in [0.717, 1.165) is 12.0 Å². The van der Waals surface area contributed by atoms with E-state index in [1.54, 1.807) is 60.7 Å². The van der Waals surface area contributed by atoms with Gasteiger partial charge in [-0.3, -0.25) is 9.59 Å². The molecule has 192 valence electrons. The van der Waals surface area contributed by atoms with Crippen LogP contribution in [0.5, 0.6) is 17.2 Å². The normalized spacial score (nSPS) is 10.6. The molecule has 0 aliphatic heterocycles. The second kappa shape index (κ2) is 13.4. The minimum atomic E-state index is -0.540. The number of amides is 2. The van der Waals surface area contributed by atoms with Gasteiger partial charge in [0.25, 0.3) is 11.8 Å². The number of aryl methyl sites for hydroxylation is 1. The van der Waals surface area contributed by atoms with Crippen LogP contribution in [0.4, 0.5) is 0 Å². The van der Waals surface area contributed by atoms with Crippen molar-refractivity contribution in [3.05, 3.63) is 89.0 Å². The third-order valence-electron chi connectivity index (χ3n) is 5.05. The summed E-state index contributed by atoms with van der Waals surface area (Å²) in [5, 5.41) is 6.44. The second-order valence-electron chi connectivity index (χ2n) is 8.02. The summed E-state index contributed by atoms with van der Waals surface area (Å²) in [4.78, 5) is 36.7. The molecule has 9 nitrogen and oxygen atoms in total. The number of nitrogens with one attached hydrogen (secondary N) is 2. The van der Waals surface area contributed by atoms with E-state index in [1.165, 1.54) is 13.3 Å². The Morgan fingerprint density at radius 3 is 2.43 bits per heavy atom. The van der Waals surface area contributed by atoms with Gasteiger partial charge in [-0.2, -0.15) is 5.10 Å². The van der Waals surface area contributed by atoms with Crippen LogP contribution in [0.15, 0.2) is 71.8 Å². The molecular weight excluding hydrogens is 474 g/mol. The lowest BCUT2D eigenvalue weighted by Crippen LogP contribution is -2.34. The number of methoxy groups -OCH3 is 1. The van der Waals surface area contributed by atoms with Crippen LogP contribution in [0.25, 0.3) is 0 Å². The van der Waals surface area contributed by atoms with Crippen molar-refractivity contribution in [2.75, 3.05) is 20.3 Å². The summed E-state index contributed by atoms with van der Waals surface area (Å²) in [6.45, 7) is 4.27. The van der Waals surface area contributed by atoms with Gasteiger partial charge < -0.3 is 19.5 Å². The molecule has 0 saturated heterocycles. The Labute approximate surface area is 215 Å². The number of carbonyl (C=O) groups excluding carboxylic acids is 3. The fourth-order valence-corrected chi connectivity index (χ4v) is 3.18. The van der Waals surface area contributed by atoms with Gasteiger partial charge in [0.05, 0.1) is 32.0 Å². The first kappa shape index (κ1) is 26.9. The van der Waals surface area contributed by atoms with Crippen LogP contribution in [0.1, 0.15) is 45.2 Å². The van der Waals surface area contributed by atoms with Crippen molar-refractivity contribution in [2.24, 2.45) is 5.10 Å². The molecule has 0 radical (unpaired) electrons. The van der Waals surface area contributed by atoms with E-state index in [-0.39, 0.29) is 18.2 Å². The average Bonchev–Trinajstić information content (AvgIpc) is 2.91. The van der Waals surface area contributed by atoms with E-state index < -0.39 is 11.9 Å². The average molecular weight is 504 g/mol. The maximum Gasteiger partial charge on any atom is 0.343 e. The van der Waals surface area contributed by atoms with Crippen LogP contribution in [0.2, 0.25) is 0 Å². The van der Waals surface area contributed by atoms with Crippen molar-refractivity contribution in [3.8, 4) is 17.2 Å². The number of hydrazone groups is 1. The smallest absolute Gasteiger partial charge is 0.343 e. The molecule has 9 heteroatoms. The molecule has 0 aliphatic rings. The standard InChI is InChI=1S/C28H29N3O6/c1-4-14-36-23-11-9-21(10-12-23)28(34)37-24-13-8-20(16-25(24)35-3)17-30-31-26(32)18-29-27(33)22-7-5-6-19(2)15-22/h5-13,15-17H,4,14,18H2,1-3H3,(H,29,33)(H,31,32)/b30-17+. The first-order valence-electron chi connectivity index (χ1n) is 11.7. The minimum Gasteiger partial charge on any atom is -0.494 e. The molecule has 0 spiro atoms. The van der Waals surface area contributed by atoms with Crippen LogP contribution in [-0.2, 0) is 4.79 Å². The molecule has 0 aliphatic carbocycles. The molecule has 3 aromatic rings. The van der Waals surface area contributed by atoms with Crippen LogP contribution in [-0.4, -0.2) is 44.3 Å². The van der Waals surface area contributed by atoms with Crippen molar-refractivity contribution in [1.82, 2.24) is 10.7 Å². The zero-order chi connectivity index (χ0) is 26.6. The largest absolute Gasteiger partial charge is 0.494 e. The van der Waals surface area contributed by atoms with Gasteiger partial charge >= 0.3 is 5.97 Å². The van der Waals surface area contributed by atoms with Crippen LogP contribution in [0.3, 0.4) is 0 Å². The van der Waals surface area contributed by atoms with Crippen molar-refractivity contribution in [1.29, 1.82) is 0 Å². The Balaban J connectivity index is 1.53. The maximum atomic E-state index is 12.5. The molecule has 0 aromatic heterocycles. The van der Waals surface area contributed by atoms with Crippen molar-refractivity contribution in [2.45, 2.75) is 20.3 Å². The van der Waals surface area contributed by atoms with Crippen molar-refractivity contribution >= 4 is 24.0 Å². The quantitative estimate of drug-likeness (QED) is 0.178. The fraction of sp³-hybridized carbons (Fsp3) is 0.214. The number of rotatable bonds is 11. The molecule has 0 fully saturated rings. The van der Waals surface area contributed by atoms with E-state index in [4.69, 9.17) is 14.2 Å². The van der Waals surface area contributed by atoms with Gasteiger partial charge in [0.1, 0.15) is 5.75 Å². The van der Waals surface area contributed by atoms with Crippen LogP contribution < -0.4 is 25.0 Å². The molecule has 0 atom stereocenters. The summed E-state index contributed by atoms with van der Waals surface area (Å²) < 4.78 is 16.3. The number of hydrogen-bond acceptors (Lipinski definition) is 7. The van der Waals surface area contributed by atoms with Crippen LogP contribution >= 0.6 is 0 Å². The topological polar surface area (TPSA) is 115 Å². The molecule has 2 amide bonds. The van der Waals surface area contributed by atoms with Gasteiger partial charge in [0.2, 0.25) is 0 Å². The molecule has 37 heavy (non-hydrogen) atoms. The van der Waals surface area contributed by atoms with E-state index in [2.05, 4.69) is 15.8 Å². The van der Waals surface area contributed by atoms with E-state index in [0.29, 0.717) is 34.8 Å². The summed E-state index contributed by atoms with van der Waals surface area (Å²) >= 11 is 0. The zero-order valence-corrected chi connectivity index (χ0v) is 20.9. The Morgan fingerprint density at radius 2 is 1.73 bits per heavy atom. The number of hydrogen-bond donors (Lipinski definition) is 2. The highest BCUT2D eigenvalue weighted by Crippen LogP contribution is 2.28. The maximum absolute atomic E-state index is 12.5. The summed E-state index contributed by atoms with van der Waals surface area (Å²) in [7, 11) is 1.45. The summed E-state index contributed by atoms with van der Waals surface area (Å²) in [5.41, 5.74) is 4.74. The highest BCUT2D eigenvalue weighted by atomic mass is 16.6. The first-order chi connectivity index (χ1) is 17.9. The van der Waals surface area contributed by atoms with Crippen molar-refractivity contribution in [3.63, 3.8) is 0 Å². The fourth-order valence-electron chi connectivity index (χ4n) is 3.18. The Kier molecular flexibility index (Phi) is 9.78. The Hall–Kier alpha value is -4.66. The molecule has 3 rings (SSSR count). The summed E-state index contributed by atoms with van der Waals surface area (Å²) in [6.07, 6.45) is 2.30. The minimum absolute atomic E-state index is 0.228. The predicted molar refractivity (Wildman–Crippen MR) is 139 cm³/mol. The highest BCUT2D eigenvalue weighted by molar-refractivity contribution is 5.96. The van der Waals surface area contributed by atoms with Gasteiger partial charge in [0, 0.05) is 5.56 Å². The number of ether oxygens (including phenoxy) is 3. The van der Waals surface area contributed by atoms with Gasteiger partial charge in [-0.1, -0.05) is 24.6 Å². The highest BCUT2D eigenvalue weighted by Gasteiger charge is 2.13. The molecular formula is C28H29N3O6. The Morgan fingerprint density at radius 1 is 0.946 bits per heavy atom. The molecule has 2 N–H and O–H groups in total. The van der Waals surface area contributed by atoms with Gasteiger partial charge in [-0.15, -0.1) is 0 Å². The Bertz CT molecular complexity index is 1270. The number of esters is 1. The number of nitrogens with zero attached hydrogens (tertiary/aromatic N) is 1. The third-order valence-corrected chi connectivity index (χ3v) is 5.05. The van der Waals surface area contributed by atoms with Crippen molar-refractivity contribution < 1.29 is 28.6 Å². The molecule has 0 saturated carbocycles. The van der Waals surface area contributed by atoms with E-state index in [1.807, 2.05) is 19.9 Å². The molecule has 0 unspecified atom stereocenters. The summed E-state index contributed by atoms with van der Waals surface area (Å²) in [6, 6.07) is 18.6. The van der Waals surface area contributed by atoms with Crippen LogP contribution in [0, 0.1) is 6.92 Å². The zero-order valence-electron chi connectivity index (χ0n) is 20.9. The lowest BCUT2D eigenvalue weighted by molar-refractivity contribution is -0.120. The molecule has 3 aromatic carbocycles.